The molecule has 0 aromatic heterocycles. The smallest absolute Gasteiger partial charge is 0.306 e. The molecule has 0 fully saturated rings. The van der Waals surface area contributed by atoms with Crippen molar-refractivity contribution in [3.05, 3.63) is 29.3 Å². The third-order valence-corrected chi connectivity index (χ3v) is 3.27. The Morgan fingerprint density at radius 2 is 2.29 bits per heavy atom. The summed E-state index contributed by atoms with van der Waals surface area (Å²) in [5, 5.41) is 0. The summed E-state index contributed by atoms with van der Waals surface area (Å²) >= 11 is 0. The van der Waals surface area contributed by atoms with E-state index in [2.05, 4.69) is 6.07 Å². The fourth-order valence-electron chi connectivity index (χ4n) is 2.43. The van der Waals surface area contributed by atoms with E-state index in [1.54, 1.807) is 7.11 Å². The number of esters is 1. The van der Waals surface area contributed by atoms with Gasteiger partial charge < -0.3 is 9.47 Å². The van der Waals surface area contributed by atoms with Gasteiger partial charge in [0.15, 0.2) is 0 Å². The molecule has 17 heavy (non-hydrogen) atoms. The first-order valence-electron chi connectivity index (χ1n) is 6.07. The standard InChI is InChI=1S/C14H18O3/c1-3-17-14(15)8-11-5-4-10-6-7-12(16-2)9-13(10)11/h6-7,9,11H,3-5,8H2,1-2H3. The van der Waals surface area contributed by atoms with Crippen LogP contribution in [0, 0.1) is 0 Å². The highest BCUT2D eigenvalue weighted by atomic mass is 16.5. The van der Waals surface area contributed by atoms with Crippen LogP contribution in [0.5, 0.6) is 5.75 Å². The van der Waals surface area contributed by atoms with Crippen molar-refractivity contribution >= 4 is 5.97 Å². The molecular formula is C14H18O3. The molecule has 1 aliphatic rings. The van der Waals surface area contributed by atoms with Gasteiger partial charge in [0.1, 0.15) is 5.75 Å². The minimum absolute atomic E-state index is 0.104. The Kier molecular flexibility index (Phi) is 3.67. The molecule has 0 amide bonds. The van der Waals surface area contributed by atoms with Crippen LogP contribution < -0.4 is 4.74 Å². The van der Waals surface area contributed by atoms with Crippen LogP contribution >= 0.6 is 0 Å². The molecule has 0 radical (unpaired) electrons. The third-order valence-electron chi connectivity index (χ3n) is 3.27. The molecule has 3 nitrogen and oxygen atoms in total. The molecule has 0 aliphatic heterocycles. The van der Waals surface area contributed by atoms with Crippen LogP contribution in [0.4, 0.5) is 0 Å². The minimum atomic E-state index is -0.104. The van der Waals surface area contributed by atoms with Crippen LogP contribution in [0.3, 0.4) is 0 Å². The van der Waals surface area contributed by atoms with Crippen molar-refractivity contribution in [2.45, 2.75) is 32.1 Å². The van der Waals surface area contributed by atoms with Gasteiger partial charge in [0.25, 0.3) is 0 Å². The first-order chi connectivity index (χ1) is 8.24. The number of methoxy groups -OCH3 is 1. The molecule has 1 atom stereocenters. The Labute approximate surface area is 102 Å². The van der Waals surface area contributed by atoms with Gasteiger partial charge in [0, 0.05) is 0 Å². The fraction of sp³-hybridized carbons (Fsp3) is 0.500. The highest BCUT2D eigenvalue weighted by Crippen LogP contribution is 2.37. The Balaban J connectivity index is 2.12. The molecule has 0 spiro atoms. The van der Waals surface area contributed by atoms with E-state index in [0.29, 0.717) is 18.9 Å². The maximum Gasteiger partial charge on any atom is 0.306 e. The largest absolute Gasteiger partial charge is 0.497 e. The first kappa shape index (κ1) is 12.0. The summed E-state index contributed by atoms with van der Waals surface area (Å²) in [5.41, 5.74) is 2.58. The van der Waals surface area contributed by atoms with Crippen molar-refractivity contribution in [2.24, 2.45) is 0 Å². The normalized spacial score (nSPS) is 17.6. The molecule has 1 unspecified atom stereocenters. The Morgan fingerprint density at radius 1 is 1.47 bits per heavy atom. The monoisotopic (exact) mass is 234 g/mol. The van der Waals surface area contributed by atoms with Crippen LogP contribution in [0.2, 0.25) is 0 Å². The van der Waals surface area contributed by atoms with E-state index >= 15 is 0 Å². The van der Waals surface area contributed by atoms with Crippen molar-refractivity contribution in [3.63, 3.8) is 0 Å². The predicted octanol–water partition coefficient (Wildman–Crippen LogP) is 2.68. The summed E-state index contributed by atoms with van der Waals surface area (Å²) in [6, 6.07) is 6.12. The van der Waals surface area contributed by atoms with Gasteiger partial charge in [-0.25, -0.2) is 0 Å². The second kappa shape index (κ2) is 5.21. The Bertz CT molecular complexity index is 412. The second-order valence-electron chi connectivity index (χ2n) is 4.31. The molecule has 1 aromatic carbocycles. The van der Waals surface area contributed by atoms with Crippen LogP contribution in [0.25, 0.3) is 0 Å². The van der Waals surface area contributed by atoms with E-state index < -0.39 is 0 Å². The number of carbonyl (C=O) groups excluding carboxylic acids is 1. The maximum atomic E-state index is 11.5. The highest BCUT2D eigenvalue weighted by molar-refractivity contribution is 5.71. The summed E-state index contributed by atoms with van der Waals surface area (Å²) in [5.74, 6) is 1.05. The zero-order chi connectivity index (χ0) is 12.3. The number of aryl methyl sites for hydroxylation is 1. The second-order valence-corrected chi connectivity index (χ2v) is 4.31. The summed E-state index contributed by atoms with van der Waals surface area (Å²) in [6.45, 7) is 2.29. The molecular weight excluding hydrogens is 216 g/mol. The quantitative estimate of drug-likeness (QED) is 0.751. The summed E-state index contributed by atoms with van der Waals surface area (Å²) in [7, 11) is 1.66. The van der Waals surface area contributed by atoms with E-state index in [-0.39, 0.29) is 5.97 Å². The number of carbonyl (C=O) groups is 1. The number of ether oxygens (including phenoxy) is 2. The molecule has 92 valence electrons. The van der Waals surface area contributed by atoms with E-state index in [9.17, 15) is 4.79 Å². The Morgan fingerprint density at radius 3 is 3.00 bits per heavy atom. The van der Waals surface area contributed by atoms with Gasteiger partial charge >= 0.3 is 5.97 Å². The molecule has 1 aromatic rings. The molecule has 0 saturated carbocycles. The van der Waals surface area contributed by atoms with Crippen molar-refractivity contribution in [1.29, 1.82) is 0 Å². The lowest BCUT2D eigenvalue weighted by atomic mass is 9.98. The van der Waals surface area contributed by atoms with Gasteiger partial charge in [-0.1, -0.05) is 6.07 Å². The van der Waals surface area contributed by atoms with Crippen molar-refractivity contribution < 1.29 is 14.3 Å². The lowest BCUT2D eigenvalue weighted by molar-refractivity contribution is -0.143. The van der Waals surface area contributed by atoms with Crippen molar-refractivity contribution in [3.8, 4) is 5.75 Å². The molecule has 0 N–H and O–H groups in total. The lowest BCUT2D eigenvalue weighted by Crippen LogP contribution is -2.08. The minimum Gasteiger partial charge on any atom is -0.497 e. The Hall–Kier alpha value is -1.51. The molecule has 3 heteroatoms. The average molecular weight is 234 g/mol. The maximum absolute atomic E-state index is 11.5. The predicted molar refractivity (Wildman–Crippen MR) is 65.3 cm³/mol. The van der Waals surface area contributed by atoms with Gasteiger partial charge in [-0.2, -0.15) is 0 Å². The van der Waals surface area contributed by atoms with E-state index in [1.165, 1.54) is 11.1 Å². The summed E-state index contributed by atoms with van der Waals surface area (Å²) < 4.78 is 10.2. The summed E-state index contributed by atoms with van der Waals surface area (Å²) in [4.78, 5) is 11.5. The van der Waals surface area contributed by atoms with Crippen LogP contribution in [0.1, 0.15) is 36.8 Å². The molecule has 0 bridgehead atoms. The van der Waals surface area contributed by atoms with Crippen LogP contribution in [-0.2, 0) is 16.0 Å². The lowest BCUT2D eigenvalue weighted by Gasteiger charge is -2.11. The number of hydrogen-bond donors (Lipinski definition) is 0. The molecule has 0 heterocycles. The SMILES string of the molecule is CCOC(=O)CC1CCc2ccc(OC)cc21. The van der Waals surface area contributed by atoms with Gasteiger partial charge in [0.05, 0.1) is 20.1 Å². The third kappa shape index (κ3) is 2.60. The zero-order valence-corrected chi connectivity index (χ0v) is 10.4. The van der Waals surface area contributed by atoms with E-state index in [1.807, 2.05) is 19.1 Å². The number of rotatable bonds is 4. The van der Waals surface area contributed by atoms with Crippen LogP contribution in [0.15, 0.2) is 18.2 Å². The topological polar surface area (TPSA) is 35.5 Å². The molecule has 1 aliphatic carbocycles. The molecule has 2 rings (SSSR count). The molecule has 0 saturated heterocycles. The van der Waals surface area contributed by atoms with Crippen molar-refractivity contribution in [1.82, 2.24) is 0 Å². The van der Waals surface area contributed by atoms with Crippen LogP contribution in [-0.4, -0.2) is 19.7 Å². The van der Waals surface area contributed by atoms with Gasteiger partial charge in [-0.15, -0.1) is 0 Å². The number of benzene rings is 1. The highest BCUT2D eigenvalue weighted by Gasteiger charge is 2.25. The number of fused-ring (bicyclic) bond motifs is 1. The first-order valence-corrected chi connectivity index (χ1v) is 6.07. The van der Waals surface area contributed by atoms with Gasteiger partial charge in [-0.3, -0.25) is 4.79 Å². The fourth-order valence-corrected chi connectivity index (χ4v) is 2.43. The summed E-state index contributed by atoms with van der Waals surface area (Å²) in [6.07, 6.45) is 2.55. The van der Waals surface area contributed by atoms with Gasteiger partial charge in [0.2, 0.25) is 0 Å². The van der Waals surface area contributed by atoms with Crippen molar-refractivity contribution in [2.75, 3.05) is 13.7 Å². The zero-order valence-electron chi connectivity index (χ0n) is 10.4. The van der Waals surface area contributed by atoms with Gasteiger partial charge in [-0.05, 0) is 48.9 Å². The average Bonchev–Trinajstić information content (AvgIpc) is 2.72. The number of hydrogen-bond acceptors (Lipinski definition) is 3. The van der Waals surface area contributed by atoms with E-state index in [4.69, 9.17) is 9.47 Å². The van der Waals surface area contributed by atoms with E-state index in [0.717, 1.165) is 18.6 Å².